The Balaban J connectivity index is 3.04. The van der Waals surface area contributed by atoms with E-state index in [4.69, 9.17) is 10.5 Å². The molecule has 0 fully saturated rings. The summed E-state index contributed by atoms with van der Waals surface area (Å²) in [7, 11) is 0. The van der Waals surface area contributed by atoms with Gasteiger partial charge in [0.15, 0.2) is 0 Å². The average Bonchev–Trinajstić information content (AvgIpc) is 2.03. The van der Waals surface area contributed by atoms with Crippen molar-refractivity contribution in [1.82, 2.24) is 0 Å². The first-order valence-electron chi connectivity index (χ1n) is 3.68. The van der Waals surface area contributed by atoms with Crippen molar-refractivity contribution < 1.29 is 14.3 Å². The fraction of sp³-hybridized carbons (Fsp3) is 0.111. The highest BCUT2D eigenvalue weighted by Crippen LogP contribution is 2.16. The topological polar surface area (TPSA) is 69.4 Å². The Bertz CT molecular complexity index is 346. The Morgan fingerprint density at radius 1 is 1.31 bits per heavy atom. The van der Waals surface area contributed by atoms with Gasteiger partial charge in [-0.05, 0) is 12.1 Å². The molecule has 0 spiro atoms. The molecule has 0 aliphatic carbocycles. The van der Waals surface area contributed by atoms with E-state index in [1.165, 1.54) is 19.1 Å². The van der Waals surface area contributed by atoms with Crippen molar-refractivity contribution in [2.45, 2.75) is 6.92 Å². The molecule has 1 amide bonds. The number of ether oxygens (including phenoxy) is 1. The maximum Gasteiger partial charge on any atom is 0.308 e. The maximum atomic E-state index is 10.8. The Morgan fingerprint density at radius 2 is 1.92 bits per heavy atom. The van der Waals surface area contributed by atoms with Gasteiger partial charge >= 0.3 is 5.97 Å². The Hall–Kier alpha value is -1.84. The molecule has 0 aliphatic rings. The van der Waals surface area contributed by atoms with E-state index >= 15 is 0 Å². The summed E-state index contributed by atoms with van der Waals surface area (Å²) in [5.41, 5.74) is 5.27. The van der Waals surface area contributed by atoms with Gasteiger partial charge in [0.2, 0.25) is 0 Å². The summed E-state index contributed by atoms with van der Waals surface area (Å²) in [6.45, 7) is 1.26. The number of hydrogen-bond acceptors (Lipinski definition) is 3. The monoisotopic (exact) mass is 179 g/mol. The van der Waals surface area contributed by atoms with Gasteiger partial charge in [-0.3, -0.25) is 9.59 Å². The summed E-state index contributed by atoms with van der Waals surface area (Å²) in [6.07, 6.45) is 0. The molecule has 0 aromatic heterocycles. The molecule has 0 aliphatic heterocycles. The molecule has 4 heteroatoms. The fourth-order valence-corrected chi connectivity index (χ4v) is 0.914. The van der Waals surface area contributed by atoms with E-state index in [0.29, 0.717) is 0 Å². The van der Waals surface area contributed by atoms with Crippen LogP contribution in [0.2, 0.25) is 0 Å². The van der Waals surface area contributed by atoms with Gasteiger partial charge in [-0.25, -0.2) is 0 Å². The van der Waals surface area contributed by atoms with Crippen LogP contribution in [0.5, 0.6) is 5.75 Å². The zero-order valence-electron chi connectivity index (χ0n) is 7.11. The van der Waals surface area contributed by atoms with E-state index in [1.54, 1.807) is 12.1 Å². The summed E-state index contributed by atoms with van der Waals surface area (Å²) in [5, 5.41) is 0. The molecule has 0 saturated heterocycles. The Morgan fingerprint density at radius 3 is 2.46 bits per heavy atom. The number of nitrogens with two attached hydrogens (primary N) is 1. The van der Waals surface area contributed by atoms with Gasteiger partial charge in [0, 0.05) is 6.92 Å². The van der Waals surface area contributed by atoms with Crippen molar-refractivity contribution in [3.05, 3.63) is 29.8 Å². The van der Waals surface area contributed by atoms with Gasteiger partial charge in [0.1, 0.15) is 5.75 Å². The third-order valence-electron chi connectivity index (χ3n) is 1.41. The molecule has 1 rings (SSSR count). The number of primary amides is 1. The van der Waals surface area contributed by atoms with Crippen LogP contribution in [0.15, 0.2) is 24.3 Å². The van der Waals surface area contributed by atoms with Crippen LogP contribution in [-0.2, 0) is 4.79 Å². The van der Waals surface area contributed by atoms with Crippen LogP contribution in [0.1, 0.15) is 17.3 Å². The van der Waals surface area contributed by atoms with Crippen LogP contribution >= 0.6 is 0 Å². The van der Waals surface area contributed by atoms with Gasteiger partial charge in [-0.15, -0.1) is 0 Å². The highest BCUT2D eigenvalue weighted by atomic mass is 16.5. The molecule has 0 radical (unpaired) electrons. The van der Waals surface area contributed by atoms with E-state index in [2.05, 4.69) is 0 Å². The number of hydrogen-bond donors (Lipinski definition) is 1. The largest absolute Gasteiger partial charge is 0.426 e. The molecule has 68 valence electrons. The number of carbonyl (C=O) groups is 2. The summed E-state index contributed by atoms with van der Waals surface area (Å²) >= 11 is 0. The molecule has 0 atom stereocenters. The normalized spacial score (nSPS) is 9.31. The van der Waals surface area contributed by atoms with Crippen molar-refractivity contribution in [1.29, 1.82) is 0 Å². The SMILES string of the molecule is CC(=O)Oc1ccccc1C(N)=O. The molecular weight excluding hydrogens is 170 g/mol. The molecule has 2 N–H and O–H groups in total. The smallest absolute Gasteiger partial charge is 0.308 e. The second-order valence-corrected chi connectivity index (χ2v) is 2.45. The molecule has 0 bridgehead atoms. The van der Waals surface area contributed by atoms with E-state index < -0.39 is 11.9 Å². The quantitative estimate of drug-likeness (QED) is 0.537. The van der Waals surface area contributed by atoms with E-state index in [9.17, 15) is 9.59 Å². The van der Waals surface area contributed by atoms with Crippen molar-refractivity contribution >= 4 is 11.9 Å². The molecule has 1 aromatic rings. The molecule has 13 heavy (non-hydrogen) atoms. The number of esters is 1. The van der Waals surface area contributed by atoms with E-state index in [1.807, 2.05) is 0 Å². The number of amides is 1. The first-order valence-corrected chi connectivity index (χ1v) is 3.68. The molecule has 0 heterocycles. The summed E-state index contributed by atoms with van der Waals surface area (Å²) in [5.74, 6) is -0.895. The van der Waals surface area contributed by atoms with Gasteiger partial charge in [-0.2, -0.15) is 0 Å². The van der Waals surface area contributed by atoms with Crippen LogP contribution in [0.3, 0.4) is 0 Å². The number of carbonyl (C=O) groups excluding carboxylic acids is 2. The number of para-hydroxylation sites is 1. The molecule has 4 nitrogen and oxygen atoms in total. The van der Waals surface area contributed by atoms with Crippen LogP contribution in [0, 0.1) is 0 Å². The second kappa shape index (κ2) is 3.71. The van der Waals surface area contributed by atoms with E-state index in [-0.39, 0.29) is 11.3 Å². The van der Waals surface area contributed by atoms with Crippen LogP contribution in [0.25, 0.3) is 0 Å². The predicted molar refractivity (Wildman–Crippen MR) is 46.3 cm³/mol. The van der Waals surface area contributed by atoms with Gasteiger partial charge in [0.05, 0.1) is 5.56 Å². The summed E-state index contributed by atoms with van der Waals surface area (Å²) < 4.78 is 4.77. The standard InChI is InChI=1S/C9H9NO3/c1-6(11)13-8-5-3-2-4-7(8)9(10)12/h2-5H,1H3,(H2,10,12). The summed E-state index contributed by atoms with van der Waals surface area (Å²) in [6, 6.07) is 6.32. The van der Waals surface area contributed by atoms with Crippen LogP contribution in [0.4, 0.5) is 0 Å². The lowest BCUT2D eigenvalue weighted by molar-refractivity contribution is -0.131. The van der Waals surface area contributed by atoms with Crippen molar-refractivity contribution in [3.63, 3.8) is 0 Å². The Kier molecular flexibility index (Phi) is 2.64. The lowest BCUT2D eigenvalue weighted by Crippen LogP contribution is -2.14. The van der Waals surface area contributed by atoms with Crippen molar-refractivity contribution in [2.24, 2.45) is 5.73 Å². The number of benzene rings is 1. The third-order valence-corrected chi connectivity index (χ3v) is 1.41. The van der Waals surface area contributed by atoms with Crippen molar-refractivity contribution in [2.75, 3.05) is 0 Å². The van der Waals surface area contributed by atoms with Crippen molar-refractivity contribution in [3.8, 4) is 5.75 Å². The Labute approximate surface area is 75.3 Å². The molecule has 0 saturated carbocycles. The minimum absolute atomic E-state index is 0.197. The zero-order chi connectivity index (χ0) is 9.84. The van der Waals surface area contributed by atoms with Gasteiger partial charge in [-0.1, -0.05) is 12.1 Å². The second-order valence-electron chi connectivity index (χ2n) is 2.45. The summed E-state index contributed by atoms with van der Waals surface area (Å²) in [4.78, 5) is 21.4. The first-order chi connectivity index (χ1) is 6.11. The zero-order valence-corrected chi connectivity index (χ0v) is 7.11. The maximum absolute atomic E-state index is 10.8. The van der Waals surface area contributed by atoms with Crippen LogP contribution in [-0.4, -0.2) is 11.9 Å². The molecule has 1 aromatic carbocycles. The lowest BCUT2D eigenvalue weighted by Gasteiger charge is -2.04. The van der Waals surface area contributed by atoms with E-state index in [0.717, 1.165) is 0 Å². The number of rotatable bonds is 2. The lowest BCUT2D eigenvalue weighted by atomic mass is 10.2. The fourth-order valence-electron chi connectivity index (χ4n) is 0.914. The molecular formula is C9H9NO3. The van der Waals surface area contributed by atoms with Gasteiger partial charge in [0.25, 0.3) is 5.91 Å². The highest BCUT2D eigenvalue weighted by Gasteiger charge is 2.09. The van der Waals surface area contributed by atoms with Gasteiger partial charge < -0.3 is 10.5 Å². The average molecular weight is 179 g/mol. The predicted octanol–water partition coefficient (Wildman–Crippen LogP) is 0.711. The first kappa shape index (κ1) is 9.25. The van der Waals surface area contributed by atoms with Crippen LogP contribution < -0.4 is 10.5 Å². The third kappa shape index (κ3) is 2.30. The minimum Gasteiger partial charge on any atom is -0.426 e. The minimum atomic E-state index is -0.614. The highest BCUT2D eigenvalue weighted by molar-refractivity contribution is 5.96. The molecule has 0 unspecified atom stereocenters.